The number of nitrogens with two attached hydrogens (primary N) is 1. The Balaban J connectivity index is 1.43. The van der Waals surface area contributed by atoms with E-state index in [2.05, 4.69) is 24.5 Å². The number of nitrogens with zero attached hydrogens (tertiary/aromatic N) is 4. The van der Waals surface area contributed by atoms with Crippen LogP contribution in [0.4, 0.5) is 0 Å². The first-order valence-electron chi connectivity index (χ1n) is 14.1. The second-order valence-electron chi connectivity index (χ2n) is 11.2. The number of ether oxygens (including phenoxy) is 1. The smallest absolute Gasteiger partial charge is 0.248 e. The first-order chi connectivity index (χ1) is 19.8. The number of aliphatic hydroxyl groups is 1. The van der Waals surface area contributed by atoms with Gasteiger partial charge in [0.1, 0.15) is 11.6 Å². The minimum atomic E-state index is -0.668. The molecule has 210 valence electrons. The third-order valence-corrected chi connectivity index (χ3v) is 7.76. The molecule has 0 unspecified atom stereocenters. The summed E-state index contributed by atoms with van der Waals surface area (Å²) in [7, 11) is 2.02. The summed E-state index contributed by atoms with van der Waals surface area (Å²) in [4.78, 5) is 17.1. The molecule has 2 heterocycles. The summed E-state index contributed by atoms with van der Waals surface area (Å²) < 4.78 is 10.1. The Bertz CT molecular complexity index is 1720. The number of rotatable bonds is 10. The van der Waals surface area contributed by atoms with Gasteiger partial charge in [0.05, 0.1) is 36.0 Å². The highest BCUT2D eigenvalue weighted by Gasteiger charge is 2.26. The molecule has 41 heavy (non-hydrogen) atoms. The number of carbonyl (C=O) groups excluding carboxylic acids is 1. The monoisotopic (exact) mass is 549 g/mol. The van der Waals surface area contributed by atoms with E-state index in [4.69, 9.17) is 20.6 Å². The van der Waals surface area contributed by atoms with Crippen LogP contribution >= 0.6 is 0 Å². The van der Waals surface area contributed by atoms with Crippen LogP contribution in [0.5, 0.6) is 5.75 Å². The van der Waals surface area contributed by atoms with Crippen molar-refractivity contribution in [2.75, 3.05) is 6.61 Å². The van der Waals surface area contributed by atoms with E-state index in [1.807, 2.05) is 61.8 Å². The number of hydrogen-bond donors (Lipinski definition) is 2. The summed E-state index contributed by atoms with van der Waals surface area (Å²) in [6.07, 6.45) is 3.64. The molecule has 0 aliphatic heterocycles. The van der Waals surface area contributed by atoms with Crippen molar-refractivity contribution in [3.63, 3.8) is 0 Å². The number of primary amides is 1. The maximum absolute atomic E-state index is 11.9. The van der Waals surface area contributed by atoms with Gasteiger partial charge in [0.25, 0.3) is 0 Å². The van der Waals surface area contributed by atoms with Crippen molar-refractivity contribution in [2.45, 2.75) is 45.3 Å². The van der Waals surface area contributed by atoms with E-state index in [1.165, 1.54) is 0 Å². The molecule has 0 radical (unpaired) electrons. The lowest BCUT2D eigenvalue weighted by atomic mass is 10.0. The van der Waals surface area contributed by atoms with Gasteiger partial charge in [-0.25, -0.2) is 4.98 Å². The highest BCUT2D eigenvalue weighted by atomic mass is 16.5. The molecule has 0 bridgehead atoms. The van der Waals surface area contributed by atoms with Crippen molar-refractivity contribution in [1.82, 2.24) is 19.3 Å². The maximum Gasteiger partial charge on any atom is 0.248 e. The summed E-state index contributed by atoms with van der Waals surface area (Å²) in [5.74, 6) is 1.62. The van der Waals surface area contributed by atoms with Crippen LogP contribution in [0.1, 0.15) is 60.3 Å². The highest BCUT2D eigenvalue weighted by Crippen LogP contribution is 2.40. The number of hydrogen-bond acceptors (Lipinski definition) is 5. The second-order valence-corrected chi connectivity index (χ2v) is 11.2. The SMILES string of the molecule is CC(C)c1c(-c2cccc3nn(C[C@H](O)c4ccccc4)cc23)nc(-c2ccc(C(N)=O)cc2OCC2CC2)n1C. The topological polar surface area (TPSA) is 108 Å². The molecule has 1 amide bonds. The van der Waals surface area contributed by atoms with E-state index in [0.717, 1.165) is 57.6 Å². The predicted octanol–water partition coefficient (Wildman–Crippen LogP) is 5.85. The van der Waals surface area contributed by atoms with Crippen molar-refractivity contribution in [3.05, 3.63) is 89.7 Å². The van der Waals surface area contributed by atoms with Crippen LogP contribution in [0.25, 0.3) is 33.5 Å². The summed E-state index contributed by atoms with van der Waals surface area (Å²) in [6, 6.07) is 21.0. The molecule has 1 aliphatic rings. The molecule has 1 atom stereocenters. The third-order valence-electron chi connectivity index (χ3n) is 7.76. The van der Waals surface area contributed by atoms with Gasteiger partial charge in [-0.3, -0.25) is 9.48 Å². The number of benzene rings is 3. The Morgan fingerprint density at radius 1 is 1.07 bits per heavy atom. The number of carbonyl (C=O) groups is 1. The Labute approximate surface area is 239 Å². The fraction of sp³-hybridized carbons (Fsp3) is 0.303. The molecule has 8 nitrogen and oxygen atoms in total. The van der Waals surface area contributed by atoms with E-state index < -0.39 is 12.0 Å². The Hall–Kier alpha value is -4.43. The van der Waals surface area contributed by atoms with E-state index in [-0.39, 0.29) is 5.92 Å². The average Bonchev–Trinajstić information content (AvgIpc) is 3.60. The van der Waals surface area contributed by atoms with Crippen LogP contribution < -0.4 is 10.5 Å². The lowest BCUT2D eigenvalue weighted by Gasteiger charge is -2.14. The van der Waals surface area contributed by atoms with Gasteiger partial charge in [-0.15, -0.1) is 0 Å². The van der Waals surface area contributed by atoms with E-state index in [9.17, 15) is 9.90 Å². The standard InChI is InChI=1S/C33H35N5O3/c1-20(2)31-30(24-10-7-11-27-26(24)17-38(36-27)18-28(39)22-8-5-4-6-9-22)35-33(37(31)3)25-15-14-23(32(34)40)16-29(25)41-19-21-12-13-21/h4-11,14-17,20-21,28,39H,12-13,18-19H2,1-3H3,(H2,34,40)/t28-/m0/s1. The zero-order valence-electron chi connectivity index (χ0n) is 23.6. The Morgan fingerprint density at radius 3 is 2.56 bits per heavy atom. The van der Waals surface area contributed by atoms with Gasteiger partial charge in [-0.2, -0.15) is 5.10 Å². The van der Waals surface area contributed by atoms with Gasteiger partial charge in [0.15, 0.2) is 0 Å². The number of aromatic nitrogens is 4. The molecule has 3 N–H and O–H groups in total. The fourth-order valence-corrected chi connectivity index (χ4v) is 5.43. The van der Waals surface area contributed by atoms with Crippen LogP contribution in [-0.2, 0) is 13.6 Å². The van der Waals surface area contributed by atoms with Crippen LogP contribution in [0, 0.1) is 5.92 Å². The van der Waals surface area contributed by atoms with Gasteiger partial charge in [0.2, 0.25) is 5.91 Å². The molecule has 6 rings (SSSR count). The minimum absolute atomic E-state index is 0.183. The van der Waals surface area contributed by atoms with Gasteiger partial charge in [-0.05, 0) is 54.5 Å². The van der Waals surface area contributed by atoms with E-state index in [1.54, 1.807) is 16.8 Å². The van der Waals surface area contributed by atoms with Crippen LogP contribution in [0.15, 0.2) is 72.9 Å². The molecule has 1 aliphatic carbocycles. The minimum Gasteiger partial charge on any atom is -0.493 e. The molecule has 0 spiro atoms. The van der Waals surface area contributed by atoms with Crippen molar-refractivity contribution in [3.8, 4) is 28.4 Å². The number of amides is 1. The fourth-order valence-electron chi connectivity index (χ4n) is 5.43. The molecule has 0 saturated heterocycles. The lowest BCUT2D eigenvalue weighted by Crippen LogP contribution is -2.12. The molecular weight excluding hydrogens is 514 g/mol. The van der Waals surface area contributed by atoms with Gasteiger partial charge in [0, 0.05) is 35.5 Å². The molecule has 1 saturated carbocycles. The average molecular weight is 550 g/mol. The highest BCUT2D eigenvalue weighted by molar-refractivity contribution is 5.95. The third kappa shape index (κ3) is 5.35. The van der Waals surface area contributed by atoms with Crippen LogP contribution in [0.2, 0.25) is 0 Å². The largest absolute Gasteiger partial charge is 0.493 e. The summed E-state index contributed by atoms with van der Waals surface area (Å²) in [5, 5.41) is 16.6. The van der Waals surface area contributed by atoms with Gasteiger partial charge < -0.3 is 20.1 Å². The molecule has 8 heteroatoms. The van der Waals surface area contributed by atoms with Crippen LogP contribution in [-0.4, -0.2) is 37.0 Å². The number of imidazole rings is 1. The van der Waals surface area contributed by atoms with E-state index >= 15 is 0 Å². The molecule has 2 aromatic heterocycles. The zero-order chi connectivity index (χ0) is 28.7. The van der Waals surface area contributed by atoms with Gasteiger partial charge >= 0.3 is 0 Å². The Morgan fingerprint density at radius 2 is 1.85 bits per heavy atom. The van der Waals surface area contributed by atoms with Crippen molar-refractivity contribution in [1.29, 1.82) is 0 Å². The van der Waals surface area contributed by atoms with Crippen molar-refractivity contribution >= 4 is 16.8 Å². The maximum atomic E-state index is 11.9. The van der Waals surface area contributed by atoms with Gasteiger partial charge in [-0.1, -0.05) is 56.3 Å². The number of aliphatic hydroxyl groups excluding tert-OH is 1. The second kappa shape index (κ2) is 10.9. The van der Waals surface area contributed by atoms with Crippen molar-refractivity contribution < 1.29 is 14.6 Å². The lowest BCUT2D eigenvalue weighted by molar-refractivity contribution is 0.0999. The zero-order valence-corrected chi connectivity index (χ0v) is 23.6. The quantitative estimate of drug-likeness (QED) is 0.227. The summed E-state index contributed by atoms with van der Waals surface area (Å²) in [5.41, 5.74) is 11.4. The number of fused-ring (bicyclic) bond motifs is 1. The first kappa shape index (κ1) is 26.8. The molecule has 1 fully saturated rings. The molecule has 3 aromatic carbocycles. The summed E-state index contributed by atoms with van der Waals surface area (Å²) >= 11 is 0. The van der Waals surface area contributed by atoms with Crippen molar-refractivity contribution in [2.24, 2.45) is 18.7 Å². The van der Waals surface area contributed by atoms with Crippen LogP contribution in [0.3, 0.4) is 0 Å². The Kier molecular flexibility index (Phi) is 7.09. The molecule has 5 aromatic rings. The first-order valence-corrected chi connectivity index (χ1v) is 14.1. The predicted molar refractivity (Wildman–Crippen MR) is 160 cm³/mol. The van der Waals surface area contributed by atoms with E-state index in [0.29, 0.717) is 30.4 Å². The normalized spacial score (nSPS) is 14.1. The molecular formula is C33H35N5O3. The summed E-state index contributed by atoms with van der Waals surface area (Å²) in [6.45, 7) is 5.27.